The van der Waals surface area contributed by atoms with Gasteiger partial charge in [-0.3, -0.25) is 4.79 Å². The number of carbonyl (C=O) groups is 2. The Morgan fingerprint density at radius 1 is 1.27 bits per heavy atom. The lowest BCUT2D eigenvalue weighted by atomic mass is 10.0. The van der Waals surface area contributed by atoms with Crippen LogP contribution in [0.2, 0.25) is 0 Å². The van der Waals surface area contributed by atoms with E-state index in [4.69, 9.17) is 10.4 Å². The highest BCUT2D eigenvalue weighted by Crippen LogP contribution is 2.29. The van der Waals surface area contributed by atoms with E-state index in [1.807, 2.05) is 6.07 Å². The van der Waals surface area contributed by atoms with Crippen molar-refractivity contribution < 1.29 is 19.1 Å². The van der Waals surface area contributed by atoms with Crippen LogP contribution >= 0.6 is 0 Å². The smallest absolute Gasteiger partial charge is 0.405 e. The van der Waals surface area contributed by atoms with Gasteiger partial charge in [0.1, 0.15) is 11.9 Å². The number of anilines is 1. The van der Waals surface area contributed by atoms with Crippen molar-refractivity contribution in [1.29, 1.82) is 5.26 Å². The van der Waals surface area contributed by atoms with Crippen molar-refractivity contribution >= 4 is 17.7 Å². The molecule has 1 aliphatic heterocycles. The third-order valence-corrected chi connectivity index (χ3v) is 4.32. The molecule has 3 rings (SSSR count). The van der Waals surface area contributed by atoms with E-state index < -0.39 is 12.1 Å². The molecule has 0 saturated carbocycles. The summed E-state index contributed by atoms with van der Waals surface area (Å²) >= 11 is 0. The Kier molecular flexibility index (Phi) is 4.85. The summed E-state index contributed by atoms with van der Waals surface area (Å²) in [7, 11) is 0. The maximum atomic E-state index is 13.4. The number of hydrogen-bond acceptors (Lipinski definition) is 3. The molecule has 0 aromatic heterocycles. The van der Waals surface area contributed by atoms with Crippen molar-refractivity contribution in [2.45, 2.75) is 18.9 Å². The Morgan fingerprint density at radius 2 is 2.00 bits per heavy atom. The molecule has 0 bridgehead atoms. The van der Waals surface area contributed by atoms with Crippen LogP contribution in [-0.2, 0) is 17.6 Å². The lowest BCUT2D eigenvalue weighted by molar-refractivity contribution is -0.120. The second-order valence-corrected chi connectivity index (χ2v) is 6.03. The second kappa shape index (κ2) is 7.23. The van der Waals surface area contributed by atoms with Gasteiger partial charge >= 0.3 is 6.09 Å². The van der Waals surface area contributed by atoms with Crippen LogP contribution in [-0.4, -0.2) is 29.7 Å². The van der Waals surface area contributed by atoms with E-state index in [2.05, 4.69) is 5.32 Å². The molecule has 1 unspecified atom stereocenters. The van der Waals surface area contributed by atoms with Crippen LogP contribution in [0.25, 0.3) is 0 Å². The van der Waals surface area contributed by atoms with Crippen LogP contribution < -0.4 is 10.2 Å². The molecular formula is C19H16FN3O3. The number of nitrogens with one attached hydrogen (secondary N) is 1. The van der Waals surface area contributed by atoms with Gasteiger partial charge in [-0.15, -0.1) is 0 Å². The maximum Gasteiger partial charge on any atom is 0.405 e. The maximum absolute atomic E-state index is 13.4. The number of nitriles is 1. The SMILES string of the molecule is N#Cc1ccc(CC(NC(=O)O)C(=O)N2CCc3cc(F)ccc32)cc1. The minimum atomic E-state index is -1.30. The zero-order valence-corrected chi connectivity index (χ0v) is 13.8. The van der Waals surface area contributed by atoms with E-state index >= 15 is 0 Å². The highest BCUT2D eigenvalue weighted by Gasteiger charge is 2.31. The summed E-state index contributed by atoms with van der Waals surface area (Å²) in [5.74, 6) is -0.752. The lowest BCUT2D eigenvalue weighted by Crippen LogP contribution is -2.49. The molecule has 2 amide bonds. The Labute approximate surface area is 149 Å². The minimum absolute atomic E-state index is 0.157. The first-order valence-electron chi connectivity index (χ1n) is 8.06. The highest BCUT2D eigenvalue weighted by atomic mass is 19.1. The Bertz CT molecular complexity index is 890. The second-order valence-electron chi connectivity index (χ2n) is 6.03. The van der Waals surface area contributed by atoms with Gasteiger partial charge in [-0.1, -0.05) is 12.1 Å². The average Bonchev–Trinajstić information content (AvgIpc) is 3.03. The molecule has 2 N–H and O–H groups in total. The van der Waals surface area contributed by atoms with Crippen LogP contribution in [0.3, 0.4) is 0 Å². The molecule has 0 saturated heterocycles. The normalized spacial score (nSPS) is 13.6. The van der Waals surface area contributed by atoms with Gasteiger partial charge in [0, 0.05) is 18.7 Å². The van der Waals surface area contributed by atoms with Crippen LogP contribution in [0.15, 0.2) is 42.5 Å². The van der Waals surface area contributed by atoms with Gasteiger partial charge in [0.25, 0.3) is 0 Å². The molecule has 132 valence electrons. The summed E-state index contributed by atoms with van der Waals surface area (Å²) in [6.07, 6.45) is -0.616. The van der Waals surface area contributed by atoms with Crippen molar-refractivity contribution in [3.8, 4) is 6.07 Å². The van der Waals surface area contributed by atoms with E-state index in [1.165, 1.54) is 23.1 Å². The van der Waals surface area contributed by atoms with E-state index in [9.17, 15) is 14.0 Å². The number of amides is 2. The fourth-order valence-corrected chi connectivity index (χ4v) is 3.09. The van der Waals surface area contributed by atoms with Crippen LogP contribution in [0, 0.1) is 17.1 Å². The number of fused-ring (bicyclic) bond motifs is 1. The quantitative estimate of drug-likeness (QED) is 0.883. The topological polar surface area (TPSA) is 93.4 Å². The van der Waals surface area contributed by atoms with Gasteiger partial charge in [-0.25, -0.2) is 9.18 Å². The van der Waals surface area contributed by atoms with E-state index in [0.29, 0.717) is 24.2 Å². The third kappa shape index (κ3) is 3.64. The largest absolute Gasteiger partial charge is 0.465 e. The fourth-order valence-electron chi connectivity index (χ4n) is 3.09. The summed E-state index contributed by atoms with van der Waals surface area (Å²) in [6.45, 7) is 0.378. The molecule has 1 heterocycles. The standard InChI is InChI=1S/C19H16FN3O3/c20-15-5-6-17-14(10-15)7-8-23(17)18(24)16(22-19(25)26)9-12-1-3-13(11-21)4-2-12/h1-6,10,16,22H,7-9H2,(H,25,26). The average molecular weight is 353 g/mol. The molecule has 0 spiro atoms. The molecule has 6 nitrogen and oxygen atoms in total. The zero-order valence-electron chi connectivity index (χ0n) is 13.8. The van der Waals surface area contributed by atoms with Gasteiger partial charge in [-0.2, -0.15) is 5.26 Å². The summed E-state index contributed by atoms with van der Waals surface area (Å²) in [5.41, 5.74) is 2.55. The van der Waals surface area contributed by atoms with E-state index in [1.54, 1.807) is 24.3 Å². The molecule has 26 heavy (non-hydrogen) atoms. The van der Waals surface area contributed by atoms with Gasteiger partial charge in [-0.05, 0) is 47.9 Å². The number of benzene rings is 2. The first kappa shape index (κ1) is 17.4. The number of carboxylic acid groups (broad SMARTS) is 1. The molecule has 2 aromatic rings. The van der Waals surface area contributed by atoms with Crippen molar-refractivity contribution in [2.24, 2.45) is 0 Å². The van der Waals surface area contributed by atoms with Gasteiger partial charge < -0.3 is 15.3 Å². The Hall–Kier alpha value is -3.40. The summed E-state index contributed by atoms with van der Waals surface area (Å²) in [5, 5.41) is 20.2. The van der Waals surface area contributed by atoms with Gasteiger partial charge in [0.2, 0.25) is 5.91 Å². The predicted octanol–water partition coefficient (Wildman–Crippen LogP) is 2.47. The first-order valence-corrected chi connectivity index (χ1v) is 8.06. The summed E-state index contributed by atoms with van der Waals surface area (Å²) in [6, 6.07) is 11.9. The van der Waals surface area contributed by atoms with Crippen molar-refractivity contribution in [3.63, 3.8) is 0 Å². The van der Waals surface area contributed by atoms with Crippen molar-refractivity contribution in [2.75, 3.05) is 11.4 Å². The van der Waals surface area contributed by atoms with Gasteiger partial charge in [0.05, 0.1) is 11.6 Å². The summed E-state index contributed by atoms with van der Waals surface area (Å²) < 4.78 is 13.4. The van der Waals surface area contributed by atoms with Crippen LogP contribution in [0.4, 0.5) is 14.9 Å². The number of rotatable bonds is 4. The zero-order chi connectivity index (χ0) is 18.7. The fraction of sp³-hybridized carbons (Fsp3) is 0.211. The molecule has 1 aliphatic rings. The minimum Gasteiger partial charge on any atom is -0.465 e. The van der Waals surface area contributed by atoms with Crippen LogP contribution in [0.1, 0.15) is 16.7 Å². The first-order chi connectivity index (χ1) is 12.5. The van der Waals surface area contributed by atoms with Gasteiger partial charge in [0.15, 0.2) is 0 Å². The van der Waals surface area contributed by atoms with Crippen molar-refractivity contribution in [1.82, 2.24) is 5.32 Å². The number of carbonyl (C=O) groups excluding carboxylic acids is 1. The Morgan fingerprint density at radius 3 is 2.65 bits per heavy atom. The number of hydrogen-bond donors (Lipinski definition) is 2. The third-order valence-electron chi connectivity index (χ3n) is 4.32. The molecule has 1 atom stereocenters. The van der Waals surface area contributed by atoms with E-state index in [0.717, 1.165) is 11.1 Å². The molecule has 0 radical (unpaired) electrons. The molecule has 2 aromatic carbocycles. The monoisotopic (exact) mass is 353 g/mol. The Balaban J connectivity index is 1.82. The van der Waals surface area contributed by atoms with Crippen LogP contribution in [0.5, 0.6) is 0 Å². The van der Waals surface area contributed by atoms with Crippen molar-refractivity contribution in [3.05, 3.63) is 65.0 Å². The molecule has 7 heteroatoms. The van der Waals surface area contributed by atoms with E-state index in [-0.39, 0.29) is 18.1 Å². The number of halogens is 1. The number of nitrogens with zero attached hydrogens (tertiary/aromatic N) is 2. The molecule has 0 aliphatic carbocycles. The lowest BCUT2D eigenvalue weighted by Gasteiger charge is -2.24. The highest BCUT2D eigenvalue weighted by molar-refractivity contribution is 6.00. The molecule has 0 fully saturated rings. The predicted molar refractivity (Wildman–Crippen MR) is 92.3 cm³/mol. The summed E-state index contributed by atoms with van der Waals surface area (Å²) in [4.78, 5) is 25.5. The molecular weight excluding hydrogens is 337 g/mol.